The van der Waals surface area contributed by atoms with Crippen molar-refractivity contribution >= 4 is 11.6 Å². The van der Waals surface area contributed by atoms with E-state index in [0.29, 0.717) is 36.7 Å². The molecule has 0 spiro atoms. The first-order valence-electron chi connectivity index (χ1n) is 6.69. The average Bonchev–Trinajstić information content (AvgIpc) is 2.49. The number of hydrogen-bond acceptors (Lipinski definition) is 5. The number of carbonyl (C=O) groups is 1. The fraction of sp³-hybridized carbons (Fsp3) is 0.400. The van der Waals surface area contributed by atoms with Crippen LogP contribution in [0, 0.1) is 22.7 Å². The predicted octanol–water partition coefficient (Wildman–Crippen LogP) is 1.94. The number of amides is 1. The van der Waals surface area contributed by atoms with Crippen molar-refractivity contribution in [2.75, 3.05) is 25.4 Å². The Morgan fingerprint density at radius 2 is 1.90 bits per heavy atom. The van der Waals surface area contributed by atoms with Gasteiger partial charge in [-0.2, -0.15) is 10.5 Å². The number of carbonyl (C=O) groups excluding carboxylic acids is 1. The van der Waals surface area contributed by atoms with E-state index in [-0.39, 0.29) is 18.7 Å². The smallest absolute Gasteiger partial charge is 0.253 e. The molecule has 1 rings (SSSR count). The highest BCUT2D eigenvalue weighted by atomic mass is 16.5. The van der Waals surface area contributed by atoms with Crippen LogP contribution >= 0.6 is 0 Å². The van der Waals surface area contributed by atoms with Gasteiger partial charge in [-0.3, -0.25) is 4.79 Å². The van der Waals surface area contributed by atoms with E-state index in [1.54, 1.807) is 18.2 Å². The van der Waals surface area contributed by atoms with Crippen molar-refractivity contribution in [1.29, 1.82) is 10.5 Å². The second kappa shape index (κ2) is 8.44. The number of nitriles is 2. The molecular weight excluding hydrogens is 268 g/mol. The van der Waals surface area contributed by atoms with Gasteiger partial charge in [-0.1, -0.05) is 0 Å². The molecule has 1 aromatic carbocycles. The second-order valence-electron chi connectivity index (χ2n) is 4.29. The minimum atomic E-state index is -0.241. The number of benzene rings is 1. The van der Waals surface area contributed by atoms with E-state index in [1.807, 2.05) is 19.1 Å². The zero-order chi connectivity index (χ0) is 15.7. The van der Waals surface area contributed by atoms with Gasteiger partial charge < -0.3 is 15.4 Å². The maximum absolute atomic E-state index is 12.4. The van der Waals surface area contributed by atoms with Gasteiger partial charge in [-0.15, -0.1) is 0 Å². The van der Waals surface area contributed by atoms with E-state index in [4.69, 9.17) is 21.0 Å². The van der Waals surface area contributed by atoms with Crippen molar-refractivity contribution in [1.82, 2.24) is 4.90 Å². The average molecular weight is 286 g/mol. The van der Waals surface area contributed by atoms with Gasteiger partial charge in [-0.05, 0) is 25.1 Å². The number of nitrogens with two attached hydrogens (primary N) is 1. The van der Waals surface area contributed by atoms with Crippen LogP contribution in [0.15, 0.2) is 18.2 Å². The summed E-state index contributed by atoms with van der Waals surface area (Å²) in [5.74, 6) is 0.296. The van der Waals surface area contributed by atoms with Crippen molar-refractivity contribution in [3.8, 4) is 17.9 Å². The lowest BCUT2D eigenvalue weighted by Gasteiger charge is -2.20. The van der Waals surface area contributed by atoms with Gasteiger partial charge in [0.15, 0.2) is 0 Å². The van der Waals surface area contributed by atoms with Crippen molar-refractivity contribution in [2.45, 2.75) is 19.8 Å². The highest BCUT2D eigenvalue weighted by Gasteiger charge is 2.16. The summed E-state index contributed by atoms with van der Waals surface area (Å²) in [6, 6.07) is 8.83. The number of anilines is 1. The second-order valence-corrected chi connectivity index (χ2v) is 4.29. The largest absolute Gasteiger partial charge is 0.492 e. The molecule has 1 amide bonds. The molecule has 0 fully saturated rings. The lowest BCUT2D eigenvalue weighted by atomic mass is 10.1. The minimum absolute atomic E-state index is 0.226. The van der Waals surface area contributed by atoms with E-state index in [9.17, 15) is 4.79 Å². The molecular formula is C15H18N4O2. The predicted molar refractivity (Wildman–Crippen MR) is 78.4 cm³/mol. The van der Waals surface area contributed by atoms with Crippen LogP contribution in [0.1, 0.15) is 30.1 Å². The summed E-state index contributed by atoms with van der Waals surface area (Å²) < 4.78 is 5.33. The molecule has 0 aliphatic rings. The molecule has 0 heterocycles. The van der Waals surface area contributed by atoms with Crippen molar-refractivity contribution in [3.63, 3.8) is 0 Å². The highest BCUT2D eigenvalue weighted by Crippen LogP contribution is 2.23. The molecule has 0 aromatic heterocycles. The molecule has 2 N–H and O–H groups in total. The van der Waals surface area contributed by atoms with Gasteiger partial charge in [-0.25, -0.2) is 0 Å². The molecule has 1 aromatic rings. The van der Waals surface area contributed by atoms with Crippen LogP contribution < -0.4 is 10.5 Å². The van der Waals surface area contributed by atoms with Crippen LogP contribution in [-0.4, -0.2) is 30.5 Å². The summed E-state index contributed by atoms with van der Waals surface area (Å²) in [6.07, 6.45) is 0.452. The zero-order valence-corrected chi connectivity index (χ0v) is 12.0. The Balaban J connectivity index is 2.90. The Hall–Kier alpha value is -2.73. The van der Waals surface area contributed by atoms with Crippen molar-refractivity contribution < 1.29 is 9.53 Å². The Morgan fingerprint density at radius 3 is 2.38 bits per heavy atom. The van der Waals surface area contributed by atoms with Crippen LogP contribution in [0.4, 0.5) is 5.69 Å². The fourth-order valence-electron chi connectivity index (χ4n) is 1.84. The topological polar surface area (TPSA) is 103 Å². The molecule has 0 saturated carbocycles. The molecule has 0 saturated heterocycles. The maximum Gasteiger partial charge on any atom is 0.253 e. The number of nitrogen functional groups attached to an aromatic ring is 1. The Bertz CT molecular complexity index is 554. The SMILES string of the molecule is CCOc1ccc(C(=O)N(CCC#N)CCC#N)cc1N. The zero-order valence-electron chi connectivity index (χ0n) is 12.0. The van der Waals surface area contributed by atoms with Crippen LogP contribution in [0.3, 0.4) is 0 Å². The summed E-state index contributed by atoms with van der Waals surface area (Å²) in [5, 5.41) is 17.3. The third kappa shape index (κ3) is 4.70. The van der Waals surface area contributed by atoms with E-state index in [2.05, 4.69) is 0 Å². The van der Waals surface area contributed by atoms with Gasteiger partial charge in [0.2, 0.25) is 0 Å². The number of rotatable bonds is 7. The van der Waals surface area contributed by atoms with E-state index >= 15 is 0 Å². The van der Waals surface area contributed by atoms with Crippen LogP contribution in [-0.2, 0) is 0 Å². The van der Waals surface area contributed by atoms with Gasteiger partial charge in [0, 0.05) is 18.7 Å². The highest BCUT2D eigenvalue weighted by molar-refractivity contribution is 5.95. The monoisotopic (exact) mass is 286 g/mol. The van der Waals surface area contributed by atoms with Crippen LogP contribution in [0.25, 0.3) is 0 Å². The first-order chi connectivity index (χ1) is 10.1. The molecule has 6 nitrogen and oxygen atoms in total. The number of nitrogens with zero attached hydrogens (tertiary/aromatic N) is 3. The van der Waals surface area contributed by atoms with Crippen LogP contribution in [0.5, 0.6) is 5.75 Å². The first-order valence-corrected chi connectivity index (χ1v) is 6.69. The standard InChI is InChI=1S/C15H18N4O2/c1-2-21-14-6-5-12(11-13(14)18)15(20)19(9-3-7-16)10-4-8-17/h5-6,11H,2-4,9-10,18H2,1H3. The Kier molecular flexibility index (Phi) is 6.56. The molecule has 0 aliphatic heterocycles. The Morgan fingerprint density at radius 1 is 1.29 bits per heavy atom. The first kappa shape index (κ1) is 16.3. The van der Waals surface area contributed by atoms with Crippen LogP contribution in [0.2, 0.25) is 0 Å². The molecule has 110 valence electrons. The lowest BCUT2D eigenvalue weighted by Crippen LogP contribution is -2.32. The van der Waals surface area contributed by atoms with E-state index in [0.717, 1.165) is 0 Å². The van der Waals surface area contributed by atoms with E-state index < -0.39 is 0 Å². The van der Waals surface area contributed by atoms with E-state index in [1.165, 1.54) is 4.90 Å². The summed E-state index contributed by atoms with van der Waals surface area (Å²) in [5.41, 5.74) is 6.66. The maximum atomic E-state index is 12.4. The summed E-state index contributed by atoms with van der Waals surface area (Å²) in [7, 11) is 0. The third-order valence-corrected chi connectivity index (χ3v) is 2.83. The molecule has 0 bridgehead atoms. The minimum Gasteiger partial charge on any atom is -0.492 e. The summed E-state index contributed by atoms with van der Waals surface area (Å²) >= 11 is 0. The molecule has 6 heteroatoms. The van der Waals surface area contributed by atoms with Gasteiger partial charge in [0.1, 0.15) is 5.75 Å². The van der Waals surface area contributed by atoms with Gasteiger partial charge in [0.05, 0.1) is 37.3 Å². The molecule has 0 atom stereocenters. The van der Waals surface area contributed by atoms with Crippen molar-refractivity contribution in [3.05, 3.63) is 23.8 Å². The third-order valence-electron chi connectivity index (χ3n) is 2.83. The molecule has 0 aliphatic carbocycles. The normalized spacial score (nSPS) is 9.48. The quantitative estimate of drug-likeness (QED) is 0.771. The van der Waals surface area contributed by atoms with Gasteiger partial charge in [0.25, 0.3) is 5.91 Å². The summed E-state index contributed by atoms with van der Waals surface area (Å²) in [6.45, 7) is 2.94. The molecule has 0 radical (unpaired) electrons. The lowest BCUT2D eigenvalue weighted by molar-refractivity contribution is 0.0762. The Labute approximate surface area is 124 Å². The van der Waals surface area contributed by atoms with Gasteiger partial charge >= 0.3 is 0 Å². The summed E-state index contributed by atoms with van der Waals surface area (Å²) in [4.78, 5) is 13.9. The van der Waals surface area contributed by atoms with Crippen molar-refractivity contribution in [2.24, 2.45) is 0 Å². The number of ether oxygens (including phenoxy) is 1. The molecule has 0 unspecified atom stereocenters. The number of hydrogen-bond donors (Lipinski definition) is 1. The fourth-order valence-corrected chi connectivity index (χ4v) is 1.84. The molecule has 21 heavy (non-hydrogen) atoms.